The lowest BCUT2D eigenvalue weighted by Crippen LogP contribution is -2.35. The van der Waals surface area contributed by atoms with Crippen molar-refractivity contribution in [1.82, 2.24) is 24.6 Å². The van der Waals surface area contributed by atoms with E-state index >= 15 is 0 Å². The van der Waals surface area contributed by atoms with Crippen molar-refractivity contribution in [2.75, 3.05) is 0 Å². The van der Waals surface area contributed by atoms with Gasteiger partial charge in [-0.3, -0.25) is 4.68 Å². The molecule has 2 aromatic rings. The van der Waals surface area contributed by atoms with Crippen LogP contribution in [-0.4, -0.2) is 25.4 Å². The predicted octanol–water partition coefficient (Wildman–Crippen LogP) is 2.37. The fraction of sp³-hybridized carbons (Fsp3) is 0.600. The first-order chi connectivity index (χ1) is 9.83. The first-order valence-corrected chi connectivity index (χ1v) is 7.56. The molecule has 0 amide bonds. The van der Waals surface area contributed by atoms with E-state index in [1.54, 1.807) is 0 Å². The molecule has 5 nitrogen and oxygen atoms in total. The van der Waals surface area contributed by atoms with Crippen molar-refractivity contribution in [3.8, 4) is 0 Å². The van der Waals surface area contributed by atoms with Crippen molar-refractivity contribution >= 4 is 0 Å². The molecular formula is C15H23N5. The summed E-state index contributed by atoms with van der Waals surface area (Å²) in [6.07, 6.45) is 12.7. The highest BCUT2D eigenvalue weighted by molar-refractivity contribution is 5.07. The van der Waals surface area contributed by atoms with Crippen LogP contribution in [0.25, 0.3) is 0 Å². The normalized spacial score (nSPS) is 23.1. The first kappa shape index (κ1) is 13.4. The fourth-order valence-electron chi connectivity index (χ4n) is 3.02. The van der Waals surface area contributed by atoms with Gasteiger partial charge in [-0.1, -0.05) is 0 Å². The lowest BCUT2D eigenvalue weighted by atomic mass is 9.97. The molecule has 5 heteroatoms. The van der Waals surface area contributed by atoms with Crippen LogP contribution in [0.3, 0.4) is 0 Å². The minimum atomic E-state index is 0.464. The molecule has 2 aromatic heterocycles. The topological polar surface area (TPSA) is 47.7 Å². The summed E-state index contributed by atoms with van der Waals surface area (Å²) in [6.45, 7) is 4.23. The molecular weight excluding hydrogens is 250 g/mol. The van der Waals surface area contributed by atoms with E-state index in [9.17, 15) is 0 Å². The van der Waals surface area contributed by atoms with E-state index in [-0.39, 0.29) is 0 Å². The Morgan fingerprint density at radius 1 is 1.35 bits per heavy atom. The number of hydrogen-bond acceptors (Lipinski definition) is 3. The van der Waals surface area contributed by atoms with Crippen LogP contribution in [0.15, 0.2) is 31.0 Å². The van der Waals surface area contributed by atoms with Gasteiger partial charge >= 0.3 is 0 Å². The monoisotopic (exact) mass is 273 g/mol. The third kappa shape index (κ3) is 3.10. The zero-order chi connectivity index (χ0) is 13.8. The van der Waals surface area contributed by atoms with Crippen molar-refractivity contribution in [1.29, 1.82) is 0 Å². The molecule has 0 radical (unpaired) electrons. The highest BCUT2D eigenvalue weighted by atomic mass is 15.3. The lowest BCUT2D eigenvalue weighted by Gasteiger charge is -2.29. The minimum absolute atomic E-state index is 0.464. The van der Waals surface area contributed by atoms with Gasteiger partial charge < -0.3 is 9.88 Å². The second-order valence-corrected chi connectivity index (χ2v) is 5.69. The van der Waals surface area contributed by atoms with E-state index in [1.165, 1.54) is 25.0 Å². The van der Waals surface area contributed by atoms with Gasteiger partial charge in [0.1, 0.15) is 0 Å². The van der Waals surface area contributed by atoms with Crippen molar-refractivity contribution in [3.05, 3.63) is 36.7 Å². The van der Waals surface area contributed by atoms with Gasteiger partial charge in [-0.25, -0.2) is 4.98 Å². The summed E-state index contributed by atoms with van der Waals surface area (Å²) >= 11 is 0. The maximum atomic E-state index is 4.34. The molecule has 1 N–H and O–H groups in total. The van der Waals surface area contributed by atoms with Crippen LogP contribution < -0.4 is 5.32 Å². The quantitative estimate of drug-likeness (QED) is 0.910. The summed E-state index contributed by atoms with van der Waals surface area (Å²) in [5.41, 5.74) is 1.33. The van der Waals surface area contributed by atoms with Crippen molar-refractivity contribution in [2.24, 2.45) is 0 Å². The number of imidazole rings is 1. The third-order valence-corrected chi connectivity index (χ3v) is 4.06. The van der Waals surface area contributed by atoms with E-state index < -0.39 is 0 Å². The second kappa shape index (κ2) is 6.22. The number of hydrogen-bond donors (Lipinski definition) is 1. The van der Waals surface area contributed by atoms with Gasteiger partial charge in [0.25, 0.3) is 0 Å². The molecule has 2 unspecified atom stereocenters. The van der Waals surface area contributed by atoms with Crippen LogP contribution in [0.1, 0.15) is 44.3 Å². The van der Waals surface area contributed by atoms with Gasteiger partial charge in [0.05, 0.1) is 12.0 Å². The standard InChI is InChI=1S/C15H23N5/c1-13-5-2-6-14(18-13)15-11-16-12-19(15)8-4-10-20-9-3-7-17-20/h3,7,9,11-14,18H,2,4-6,8,10H2,1H3. The van der Waals surface area contributed by atoms with Gasteiger partial charge in [0.15, 0.2) is 0 Å². The summed E-state index contributed by atoms with van der Waals surface area (Å²) < 4.78 is 4.27. The van der Waals surface area contributed by atoms with E-state index in [1.807, 2.05) is 35.7 Å². The van der Waals surface area contributed by atoms with Gasteiger partial charge in [0, 0.05) is 43.8 Å². The van der Waals surface area contributed by atoms with Crippen molar-refractivity contribution < 1.29 is 0 Å². The van der Waals surface area contributed by atoms with E-state index in [4.69, 9.17) is 0 Å². The maximum Gasteiger partial charge on any atom is 0.0948 e. The number of aromatic nitrogens is 4. The molecule has 3 rings (SSSR count). The number of nitrogens with one attached hydrogen (secondary N) is 1. The molecule has 0 saturated carbocycles. The number of nitrogens with zero attached hydrogens (tertiary/aromatic N) is 4. The predicted molar refractivity (Wildman–Crippen MR) is 78.3 cm³/mol. The van der Waals surface area contributed by atoms with Gasteiger partial charge in [-0.05, 0) is 38.7 Å². The maximum absolute atomic E-state index is 4.34. The Hall–Kier alpha value is -1.62. The molecule has 1 aliphatic rings. The second-order valence-electron chi connectivity index (χ2n) is 5.69. The van der Waals surface area contributed by atoms with E-state index in [0.29, 0.717) is 12.1 Å². The van der Waals surface area contributed by atoms with Crippen molar-refractivity contribution in [3.63, 3.8) is 0 Å². The van der Waals surface area contributed by atoms with Gasteiger partial charge in [-0.2, -0.15) is 5.10 Å². The van der Waals surface area contributed by atoms with Crippen LogP contribution in [0.4, 0.5) is 0 Å². The minimum Gasteiger partial charge on any atom is -0.333 e. The summed E-state index contributed by atoms with van der Waals surface area (Å²) in [4.78, 5) is 4.34. The van der Waals surface area contributed by atoms with Gasteiger partial charge in [0.2, 0.25) is 0 Å². The molecule has 0 aliphatic carbocycles. The number of aryl methyl sites for hydroxylation is 2. The lowest BCUT2D eigenvalue weighted by molar-refractivity contribution is 0.328. The molecule has 3 heterocycles. The van der Waals surface area contributed by atoms with Crippen LogP contribution in [0.2, 0.25) is 0 Å². The first-order valence-electron chi connectivity index (χ1n) is 7.56. The Morgan fingerprint density at radius 2 is 2.30 bits per heavy atom. The van der Waals surface area contributed by atoms with Crippen LogP contribution in [-0.2, 0) is 13.1 Å². The number of rotatable bonds is 5. The Balaban J connectivity index is 1.58. The van der Waals surface area contributed by atoms with Gasteiger partial charge in [-0.15, -0.1) is 0 Å². The average Bonchev–Trinajstić information content (AvgIpc) is 3.10. The third-order valence-electron chi connectivity index (χ3n) is 4.06. The summed E-state index contributed by atoms with van der Waals surface area (Å²) in [6, 6.07) is 3.04. The summed E-state index contributed by atoms with van der Waals surface area (Å²) in [5.74, 6) is 0. The Labute approximate surface area is 120 Å². The SMILES string of the molecule is CC1CCCC(c2cncn2CCCn2cccn2)N1. The zero-order valence-corrected chi connectivity index (χ0v) is 12.1. The number of piperidine rings is 1. The molecule has 0 spiro atoms. The molecule has 1 fully saturated rings. The largest absolute Gasteiger partial charge is 0.333 e. The highest BCUT2D eigenvalue weighted by Crippen LogP contribution is 2.25. The highest BCUT2D eigenvalue weighted by Gasteiger charge is 2.21. The Morgan fingerprint density at radius 3 is 3.10 bits per heavy atom. The summed E-state index contributed by atoms with van der Waals surface area (Å²) in [7, 11) is 0. The Kier molecular flexibility index (Phi) is 4.16. The molecule has 108 valence electrons. The molecule has 1 aliphatic heterocycles. The van der Waals surface area contributed by atoms with Crippen LogP contribution in [0.5, 0.6) is 0 Å². The molecule has 0 aromatic carbocycles. The van der Waals surface area contributed by atoms with Crippen LogP contribution in [0, 0.1) is 0 Å². The van der Waals surface area contributed by atoms with Crippen molar-refractivity contribution in [2.45, 2.75) is 57.8 Å². The molecule has 20 heavy (non-hydrogen) atoms. The van der Waals surface area contributed by atoms with E-state index in [0.717, 1.165) is 19.5 Å². The van der Waals surface area contributed by atoms with Crippen LogP contribution >= 0.6 is 0 Å². The summed E-state index contributed by atoms with van der Waals surface area (Å²) in [5, 5.41) is 7.92. The van der Waals surface area contributed by atoms with E-state index in [2.05, 4.69) is 26.9 Å². The zero-order valence-electron chi connectivity index (χ0n) is 12.1. The Bertz CT molecular complexity index is 516. The molecule has 0 bridgehead atoms. The average molecular weight is 273 g/mol. The molecule has 2 atom stereocenters. The fourth-order valence-corrected chi connectivity index (χ4v) is 3.02. The molecule has 1 saturated heterocycles. The smallest absolute Gasteiger partial charge is 0.0948 e.